The number of pyridine rings is 2. The predicted molar refractivity (Wildman–Crippen MR) is 115 cm³/mol. The maximum Gasteiger partial charge on any atom is 0.330 e. The van der Waals surface area contributed by atoms with Gasteiger partial charge in [0.05, 0.1) is 6.16 Å². The van der Waals surface area contributed by atoms with E-state index >= 15 is 0 Å². The molecule has 0 unspecified atom stereocenters. The van der Waals surface area contributed by atoms with Crippen LogP contribution in [-0.2, 0) is 17.3 Å². The van der Waals surface area contributed by atoms with Crippen LogP contribution in [0, 0.1) is 0 Å². The molecule has 0 bridgehead atoms. The molecule has 0 aliphatic carbocycles. The Kier molecular flexibility index (Phi) is 9.14. The fourth-order valence-electron chi connectivity index (χ4n) is 3.45. The van der Waals surface area contributed by atoms with Crippen molar-refractivity contribution in [1.82, 2.24) is 0 Å². The van der Waals surface area contributed by atoms with Gasteiger partial charge in [0.1, 0.15) is 0 Å². The molecule has 32 heavy (non-hydrogen) atoms. The minimum Gasteiger partial charge on any atom is -1.00 e. The standard InChI is InChI=1S/C24H21N2O3P.2ClH/c27-30(28,29)19-23-8-4-5-9-24(23)26-16-12-22(13-17-26)21-10-14-25(15-11-21)18-20-6-2-1-3-7-20;;/h1-17H,18-19H2;2*1H. The Labute approximate surface area is 200 Å². The molecule has 0 saturated carbocycles. The van der Waals surface area contributed by atoms with E-state index < -0.39 is 7.60 Å². The first kappa shape index (κ1) is 25.7. The van der Waals surface area contributed by atoms with Crippen molar-refractivity contribution >= 4 is 7.60 Å². The molecule has 2 aromatic carbocycles. The van der Waals surface area contributed by atoms with Gasteiger partial charge in [-0.15, -0.1) is 0 Å². The van der Waals surface area contributed by atoms with Gasteiger partial charge in [0.15, 0.2) is 31.3 Å². The molecule has 166 valence electrons. The average Bonchev–Trinajstić information content (AvgIpc) is 2.75. The topological polar surface area (TPSA) is 65.3 Å². The van der Waals surface area contributed by atoms with Crippen LogP contribution in [0.1, 0.15) is 11.1 Å². The van der Waals surface area contributed by atoms with E-state index in [9.17, 15) is 14.4 Å². The van der Waals surface area contributed by atoms with Crippen molar-refractivity contribution in [2.45, 2.75) is 12.7 Å². The molecule has 4 aromatic rings. The van der Waals surface area contributed by atoms with Crippen LogP contribution in [0.2, 0.25) is 0 Å². The zero-order chi connectivity index (χ0) is 21.0. The predicted octanol–water partition coefficient (Wildman–Crippen LogP) is -2.35. The molecule has 2 heterocycles. The van der Waals surface area contributed by atoms with Gasteiger partial charge in [-0.1, -0.05) is 48.5 Å². The molecule has 4 rings (SSSR count). The Morgan fingerprint density at radius 1 is 0.688 bits per heavy atom. The zero-order valence-electron chi connectivity index (χ0n) is 17.1. The van der Waals surface area contributed by atoms with Crippen LogP contribution in [0.3, 0.4) is 0 Å². The second-order valence-electron chi connectivity index (χ2n) is 7.19. The van der Waals surface area contributed by atoms with Gasteiger partial charge in [-0.2, -0.15) is 4.57 Å². The van der Waals surface area contributed by atoms with E-state index in [2.05, 4.69) is 41.2 Å². The van der Waals surface area contributed by atoms with Gasteiger partial charge in [0, 0.05) is 41.5 Å². The van der Waals surface area contributed by atoms with Gasteiger partial charge in [0.25, 0.3) is 0 Å². The average molecular weight is 489 g/mol. The maximum absolute atomic E-state index is 11.4. The van der Waals surface area contributed by atoms with E-state index in [-0.39, 0.29) is 31.0 Å². The van der Waals surface area contributed by atoms with E-state index in [1.54, 1.807) is 12.1 Å². The number of hydrogen-bond acceptors (Lipinski definition) is 1. The summed E-state index contributed by atoms with van der Waals surface area (Å²) in [6.45, 7) is 0.826. The third kappa shape index (κ3) is 6.73. The Morgan fingerprint density at radius 2 is 1.22 bits per heavy atom. The highest BCUT2D eigenvalue weighted by Crippen LogP contribution is 2.39. The summed E-state index contributed by atoms with van der Waals surface area (Å²) in [6.07, 6.45) is 7.69. The van der Waals surface area contributed by atoms with Crippen LogP contribution in [0.15, 0.2) is 104 Å². The minimum absolute atomic E-state index is 0. The first-order valence-corrected chi connectivity index (χ1v) is 11.5. The van der Waals surface area contributed by atoms with Gasteiger partial charge in [-0.05, 0) is 11.1 Å². The Balaban J connectivity index is 0.00000181. The van der Waals surface area contributed by atoms with Crippen molar-refractivity contribution in [3.05, 3.63) is 115 Å². The summed E-state index contributed by atoms with van der Waals surface area (Å²) in [4.78, 5) is 18.7. The molecule has 0 radical (unpaired) electrons. The summed E-state index contributed by atoms with van der Waals surface area (Å²) in [5.74, 6) is 0. The van der Waals surface area contributed by atoms with Crippen LogP contribution in [-0.4, -0.2) is 9.79 Å². The first-order chi connectivity index (χ1) is 14.5. The van der Waals surface area contributed by atoms with E-state index in [0.29, 0.717) is 5.56 Å². The highest BCUT2D eigenvalue weighted by Gasteiger charge is 2.20. The molecule has 0 amide bonds. The number of aromatic nitrogens is 2. The Hall–Kier alpha value is -2.53. The third-order valence-electron chi connectivity index (χ3n) is 4.91. The lowest BCUT2D eigenvalue weighted by atomic mass is 10.1. The van der Waals surface area contributed by atoms with E-state index in [1.807, 2.05) is 59.4 Å². The van der Waals surface area contributed by atoms with Gasteiger partial charge < -0.3 is 34.6 Å². The number of halogens is 2. The molecule has 0 saturated heterocycles. The van der Waals surface area contributed by atoms with Crippen molar-refractivity contribution in [1.29, 1.82) is 0 Å². The van der Waals surface area contributed by atoms with Crippen LogP contribution in [0.5, 0.6) is 0 Å². The molecule has 5 nitrogen and oxygen atoms in total. The lowest BCUT2D eigenvalue weighted by Crippen LogP contribution is -3.00. The molecular formula is C24H23Cl2N2O3P. The molecule has 0 aliphatic rings. The van der Waals surface area contributed by atoms with Crippen LogP contribution in [0.4, 0.5) is 0 Å². The van der Waals surface area contributed by atoms with Crippen molar-refractivity contribution in [3.63, 3.8) is 0 Å². The SMILES string of the molecule is O=P(O)(O)Cc1ccccc1-[n+]1ccc(-c2cc[n+](Cc3ccccc3)cc2)cc1.[Cl-].[Cl-]. The second kappa shape index (κ2) is 11.4. The number of rotatable bonds is 6. The minimum atomic E-state index is -4.14. The summed E-state index contributed by atoms with van der Waals surface area (Å²) >= 11 is 0. The van der Waals surface area contributed by atoms with E-state index in [0.717, 1.165) is 23.4 Å². The third-order valence-corrected chi connectivity index (χ3v) is 5.66. The second-order valence-corrected chi connectivity index (χ2v) is 8.84. The molecular weight excluding hydrogens is 466 g/mol. The highest BCUT2D eigenvalue weighted by molar-refractivity contribution is 7.50. The van der Waals surface area contributed by atoms with Crippen LogP contribution >= 0.6 is 7.60 Å². The quantitative estimate of drug-likeness (QED) is 0.236. The summed E-state index contributed by atoms with van der Waals surface area (Å²) in [5.41, 5.74) is 4.82. The Morgan fingerprint density at radius 3 is 1.81 bits per heavy atom. The summed E-state index contributed by atoms with van der Waals surface area (Å²) in [5, 5.41) is 0. The van der Waals surface area contributed by atoms with Gasteiger partial charge in [-0.25, -0.2) is 4.57 Å². The number of nitrogens with zero attached hydrogens (tertiary/aromatic N) is 2. The fourth-order valence-corrected chi connectivity index (χ4v) is 4.16. The number of benzene rings is 2. The maximum atomic E-state index is 11.4. The lowest BCUT2D eigenvalue weighted by Gasteiger charge is -2.07. The van der Waals surface area contributed by atoms with Gasteiger partial charge in [-0.3, -0.25) is 4.57 Å². The zero-order valence-corrected chi connectivity index (χ0v) is 19.5. The first-order valence-electron chi connectivity index (χ1n) is 9.65. The number of para-hydroxylation sites is 1. The van der Waals surface area contributed by atoms with Gasteiger partial charge >= 0.3 is 7.60 Å². The molecule has 0 atom stereocenters. The van der Waals surface area contributed by atoms with Crippen molar-refractivity contribution in [2.75, 3.05) is 0 Å². The monoisotopic (exact) mass is 488 g/mol. The molecule has 0 spiro atoms. The molecule has 2 N–H and O–H groups in total. The summed E-state index contributed by atoms with van der Waals surface area (Å²) in [7, 11) is -4.14. The normalized spacial score (nSPS) is 10.7. The smallest absolute Gasteiger partial charge is 0.330 e. The highest BCUT2D eigenvalue weighted by atomic mass is 35.5. The molecule has 0 aliphatic heterocycles. The molecule has 2 aromatic heterocycles. The van der Waals surface area contributed by atoms with Crippen molar-refractivity contribution in [3.8, 4) is 16.8 Å². The van der Waals surface area contributed by atoms with Gasteiger partial charge in [0.2, 0.25) is 5.69 Å². The molecule has 0 fully saturated rings. The van der Waals surface area contributed by atoms with E-state index in [4.69, 9.17) is 0 Å². The molecule has 8 heteroatoms. The van der Waals surface area contributed by atoms with Crippen LogP contribution < -0.4 is 33.9 Å². The lowest BCUT2D eigenvalue weighted by molar-refractivity contribution is -0.688. The van der Waals surface area contributed by atoms with Crippen molar-refractivity contribution in [2.24, 2.45) is 0 Å². The number of hydrogen-bond donors (Lipinski definition) is 2. The fraction of sp³-hybridized carbons (Fsp3) is 0.0833. The largest absolute Gasteiger partial charge is 1.00 e. The Bertz CT molecular complexity index is 1180. The summed E-state index contributed by atoms with van der Waals surface area (Å²) < 4.78 is 15.5. The summed E-state index contributed by atoms with van der Waals surface area (Å²) in [6, 6.07) is 25.8. The van der Waals surface area contributed by atoms with Crippen LogP contribution in [0.25, 0.3) is 16.8 Å². The van der Waals surface area contributed by atoms with E-state index in [1.165, 1.54) is 5.56 Å². The van der Waals surface area contributed by atoms with Crippen molar-refractivity contribution < 1.29 is 48.3 Å².